The summed E-state index contributed by atoms with van der Waals surface area (Å²) in [6, 6.07) is 29.6. The smallest absolute Gasteiger partial charge is 0.300 e. The highest BCUT2D eigenvalue weighted by molar-refractivity contribution is 7.83. The van der Waals surface area contributed by atoms with E-state index in [4.69, 9.17) is 4.52 Å². The molecule has 0 aliphatic carbocycles. The van der Waals surface area contributed by atoms with Crippen LogP contribution in [0.5, 0.6) is 0 Å². The summed E-state index contributed by atoms with van der Waals surface area (Å²) in [5.41, 5.74) is 5.48. The summed E-state index contributed by atoms with van der Waals surface area (Å²) >= 11 is 0. The first kappa shape index (κ1) is 28.0. The van der Waals surface area contributed by atoms with Gasteiger partial charge < -0.3 is 4.52 Å². The molecular weight excluding hydrogens is 479 g/mol. The molecule has 0 aliphatic rings. The van der Waals surface area contributed by atoms with Crippen LogP contribution in [0.4, 0.5) is 0 Å². The summed E-state index contributed by atoms with van der Waals surface area (Å²) in [6.07, 6.45) is 0. The van der Waals surface area contributed by atoms with Crippen LogP contribution in [0.3, 0.4) is 0 Å². The van der Waals surface area contributed by atoms with Gasteiger partial charge in [0, 0.05) is 22.0 Å². The molecule has 1 atom stereocenters. The van der Waals surface area contributed by atoms with Crippen LogP contribution in [0.25, 0.3) is 0 Å². The molecule has 1 unspecified atom stereocenters. The van der Waals surface area contributed by atoms with E-state index in [0.29, 0.717) is 10.9 Å². The van der Waals surface area contributed by atoms with Gasteiger partial charge in [0.2, 0.25) is 0 Å². The Kier molecular flexibility index (Phi) is 9.52. The van der Waals surface area contributed by atoms with Gasteiger partial charge in [-0.05, 0) is 57.9 Å². The van der Waals surface area contributed by atoms with Crippen molar-refractivity contribution >= 4 is 24.0 Å². The van der Waals surface area contributed by atoms with Gasteiger partial charge in [-0.2, -0.15) is 0 Å². The molecule has 0 amide bonds. The summed E-state index contributed by atoms with van der Waals surface area (Å²) < 4.78 is 18.8. The second-order valence-corrected chi connectivity index (χ2v) is 11.2. The molecule has 0 bridgehead atoms. The predicted octanol–water partition coefficient (Wildman–Crippen LogP) is 7.62. The maximum absolute atomic E-state index is 13.3. The van der Waals surface area contributed by atoms with Crippen LogP contribution in [0.1, 0.15) is 55.5 Å². The molecule has 4 aromatic carbocycles. The fourth-order valence-corrected chi connectivity index (χ4v) is 6.26. The van der Waals surface area contributed by atoms with Crippen LogP contribution in [-0.2, 0) is 9.09 Å². The van der Waals surface area contributed by atoms with E-state index in [1.165, 1.54) is 5.56 Å². The molecule has 0 saturated heterocycles. The standard InChI is InChI=1S/C18H21O3P.C14H12O/c1-5-21-22(20,16-9-7-6-8-10-16)18(19)17-14(3)11-13(2)12-15(17)4;1-11-7-9-13(10-8-11)14(15)12-5-3-2-4-6-12/h6-12H,5H2,1-4H3;2-10H,1H3. The Morgan fingerprint density at radius 1 is 0.676 bits per heavy atom. The first-order chi connectivity index (χ1) is 17.7. The average Bonchev–Trinajstić information content (AvgIpc) is 2.89. The molecule has 190 valence electrons. The molecule has 4 rings (SSSR count). The van der Waals surface area contributed by atoms with E-state index in [1.54, 1.807) is 31.2 Å². The molecule has 4 aromatic rings. The summed E-state index contributed by atoms with van der Waals surface area (Å²) in [7, 11) is -3.59. The fourth-order valence-electron chi connectivity index (χ4n) is 4.18. The zero-order valence-electron chi connectivity index (χ0n) is 22.0. The number of hydrogen-bond acceptors (Lipinski definition) is 4. The van der Waals surface area contributed by atoms with Crippen molar-refractivity contribution in [1.82, 2.24) is 0 Å². The third kappa shape index (κ3) is 6.80. The van der Waals surface area contributed by atoms with E-state index >= 15 is 0 Å². The summed E-state index contributed by atoms with van der Waals surface area (Å²) in [6.45, 7) is 9.70. The number of rotatable bonds is 7. The highest BCUT2D eigenvalue weighted by atomic mass is 31.2. The second kappa shape index (κ2) is 12.6. The average molecular weight is 513 g/mol. The highest BCUT2D eigenvalue weighted by Crippen LogP contribution is 2.49. The van der Waals surface area contributed by atoms with E-state index < -0.39 is 12.9 Å². The Hall–Kier alpha value is -3.59. The quantitative estimate of drug-likeness (QED) is 0.189. The van der Waals surface area contributed by atoms with Gasteiger partial charge in [0.15, 0.2) is 5.78 Å². The van der Waals surface area contributed by atoms with Gasteiger partial charge in [0.1, 0.15) is 0 Å². The molecule has 0 aromatic heterocycles. The fraction of sp³-hybridized carbons (Fsp3) is 0.188. The normalized spacial score (nSPS) is 12.1. The van der Waals surface area contributed by atoms with Crippen LogP contribution < -0.4 is 5.30 Å². The van der Waals surface area contributed by atoms with E-state index in [1.807, 2.05) is 100 Å². The van der Waals surface area contributed by atoms with E-state index in [0.717, 1.165) is 27.8 Å². The minimum Gasteiger partial charge on any atom is -0.320 e. The van der Waals surface area contributed by atoms with Crippen molar-refractivity contribution in [3.05, 3.63) is 136 Å². The van der Waals surface area contributed by atoms with Crippen molar-refractivity contribution in [2.24, 2.45) is 0 Å². The molecule has 0 aliphatic heterocycles. The number of ketones is 1. The molecular formula is C32H33O4P. The molecule has 0 saturated carbocycles. The van der Waals surface area contributed by atoms with Crippen molar-refractivity contribution in [3.63, 3.8) is 0 Å². The van der Waals surface area contributed by atoms with Crippen molar-refractivity contribution in [2.45, 2.75) is 34.6 Å². The van der Waals surface area contributed by atoms with Crippen LogP contribution in [0.15, 0.2) is 97.1 Å². The Morgan fingerprint density at radius 3 is 1.68 bits per heavy atom. The summed E-state index contributed by atoms with van der Waals surface area (Å²) in [5.74, 6) is 0.0793. The number of benzene rings is 4. The predicted molar refractivity (Wildman–Crippen MR) is 151 cm³/mol. The number of hydrogen-bond donors (Lipinski definition) is 0. The number of carbonyl (C=O) groups is 2. The lowest BCUT2D eigenvalue weighted by Crippen LogP contribution is -2.17. The maximum Gasteiger partial charge on any atom is 0.300 e. The summed E-state index contributed by atoms with van der Waals surface area (Å²) in [4.78, 5) is 25.0. The van der Waals surface area contributed by atoms with Gasteiger partial charge in [-0.15, -0.1) is 0 Å². The minimum absolute atomic E-state index is 0.0793. The Bertz CT molecular complexity index is 1390. The highest BCUT2D eigenvalue weighted by Gasteiger charge is 2.37. The first-order valence-electron chi connectivity index (χ1n) is 12.3. The van der Waals surface area contributed by atoms with Crippen LogP contribution in [0.2, 0.25) is 0 Å². The lowest BCUT2D eigenvalue weighted by Gasteiger charge is -2.19. The molecule has 5 heteroatoms. The maximum atomic E-state index is 13.3. The van der Waals surface area contributed by atoms with Crippen LogP contribution in [-0.4, -0.2) is 17.9 Å². The second-order valence-electron chi connectivity index (χ2n) is 8.94. The van der Waals surface area contributed by atoms with E-state index in [-0.39, 0.29) is 12.4 Å². The van der Waals surface area contributed by atoms with Crippen molar-refractivity contribution in [2.75, 3.05) is 6.61 Å². The Labute approximate surface area is 219 Å². The zero-order chi connectivity index (χ0) is 27.0. The molecule has 0 N–H and O–H groups in total. The molecule has 0 spiro atoms. The lowest BCUT2D eigenvalue weighted by molar-refractivity contribution is 0.103. The first-order valence-corrected chi connectivity index (χ1v) is 13.9. The minimum atomic E-state index is -3.59. The van der Waals surface area contributed by atoms with Crippen molar-refractivity contribution in [3.8, 4) is 0 Å². The Balaban J connectivity index is 0.000000220. The molecule has 37 heavy (non-hydrogen) atoms. The van der Waals surface area contributed by atoms with Gasteiger partial charge in [-0.3, -0.25) is 14.2 Å². The Morgan fingerprint density at radius 2 is 1.16 bits per heavy atom. The lowest BCUT2D eigenvalue weighted by atomic mass is 10.0. The monoisotopic (exact) mass is 512 g/mol. The van der Waals surface area contributed by atoms with Crippen molar-refractivity contribution < 1.29 is 18.7 Å². The van der Waals surface area contributed by atoms with Gasteiger partial charge >= 0.3 is 7.37 Å². The third-order valence-electron chi connectivity index (χ3n) is 5.92. The number of carbonyl (C=O) groups excluding carboxylic acids is 2. The molecule has 0 fully saturated rings. The van der Waals surface area contributed by atoms with E-state index in [9.17, 15) is 14.2 Å². The molecule has 4 nitrogen and oxygen atoms in total. The molecule has 0 radical (unpaired) electrons. The van der Waals surface area contributed by atoms with Crippen LogP contribution >= 0.6 is 7.37 Å². The van der Waals surface area contributed by atoms with Crippen LogP contribution in [0, 0.1) is 27.7 Å². The molecule has 0 heterocycles. The SMILES string of the molecule is CCOP(=O)(C(=O)c1c(C)cc(C)cc1C)c1ccccc1.Cc1ccc(C(=O)c2ccccc2)cc1. The van der Waals surface area contributed by atoms with Gasteiger partial charge in [0.05, 0.1) is 6.61 Å². The van der Waals surface area contributed by atoms with Gasteiger partial charge in [-0.1, -0.05) is 96.1 Å². The van der Waals surface area contributed by atoms with Gasteiger partial charge in [0.25, 0.3) is 5.52 Å². The van der Waals surface area contributed by atoms with Gasteiger partial charge in [-0.25, -0.2) is 0 Å². The van der Waals surface area contributed by atoms with E-state index in [2.05, 4.69) is 0 Å². The number of aryl methyl sites for hydroxylation is 4. The zero-order valence-corrected chi connectivity index (χ0v) is 22.9. The topological polar surface area (TPSA) is 60.4 Å². The van der Waals surface area contributed by atoms with Crippen molar-refractivity contribution in [1.29, 1.82) is 0 Å². The largest absolute Gasteiger partial charge is 0.320 e. The third-order valence-corrected chi connectivity index (χ3v) is 8.27. The summed E-state index contributed by atoms with van der Waals surface area (Å²) in [5, 5.41) is 0.446.